The molecule has 154 valence electrons. The number of benzene rings is 2. The van der Waals surface area contributed by atoms with E-state index in [2.05, 4.69) is 15.4 Å². The zero-order chi connectivity index (χ0) is 21.5. The van der Waals surface area contributed by atoms with Crippen molar-refractivity contribution in [1.82, 2.24) is 19.3 Å². The Morgan fingerprint density at radius 3 is 2.68 bits per heavy atom. The lowest BCUT2D eigenvalue weighted by atomic mass is 10.2. The number of nitrogens with zero attached hydrogens (tertiary/aromatic N) is 4. The van der Waals surface area contributed by atoms with Crippen LogP contribution in [0.4, 0.5) is 5.82 Å². The molecule has 2 aromatic carbocycles. The Balaban J connectivity index is 1.43. The largest absolute Gasteiger partial charge is 0.448 e. The van der Waals surface area contributed by atoms with Gasteiger partial charge in [-0.05, 0) is 38.1 Å². The molecule has 0 saturated heterocycles. The zero-order valence-corrected chi connectivity index (χ0v) is 17.0. The lowest BCUT2D eigenvalue weighted by Gasteiger charge is -2.10. The molecule has 0 atom stereocenters. The fourth-order valence-corrected chi connectivity index (χ4v) is 3.54. The van der Waals surface area contributed by atoms with E-state index in [-0.39, 0.29) is 18.0 Å². The molecule has 1 amide bonds. The first-order valence-electron chi connectivity index (χ1n) is 9.80. The van der Waals surface area contributed by atoms with E-state index in [1.807, 2.05) is 56.3 Å². The highest BCUT2D eigenvalue weighted by Gasteiger charge is 2.16. The van der Waals surface area contributed by atoms with Crippen molar-refractivity contribution in [3.05, 3.63) is 82.5 Å². The number of nitrogens with one attached hydrogen (secondary N) is 1. The summed E-state index contributed by atoms with van der Waals surface area (Å²) in [4.78, 5) is 29.9. The monoisotopic (exact) mass is 413 g/mol. The van der Waals surface area contributed by atoms with E-state index < -0.39 is 5.56 Å². The number of para-hydroxylation sites is 1. The molecule has 3 heterocycles. The summed E-state index contributed by atoms with van der Waals surface area (Å²) in [6, 6.07) is 16.9. The van der Waals surface area contributed by atoms with Crippen LogP contribution in [0.15, 0.2) is 70.1 Å². The summed E-state index contributed by atoms with van der Waals surface area (Å²) in [5.74, 6) is 0.157. The molecule has 0 radical (unpaired) electrons. The smallest absolute Gasteiger partial charge is 0.297 e. The second-order valence-corrected chi connectivity index (χ2v) is 7.42. The van der Waals surface area contributed by atoms with Gasteiger partial charge in [-0.1, -0.05) is 29.8 Å². The highest BCUT2D eigenvalue weighted by molar-refractivity contribution is 6.01. The van der Waals surface area contributed by atoms with Crippen LogP contribution in [0, 0.1) is 13.8 Å². The van der Waals surface area contributed by atoms with Gasteiger partial charge in [0, 0.05) is 11.5 Å². The average molecular weight is 413 g/mol. The second-order valence-electron chi connectivity index (χ2n) is 7.42. The van der Waals surface area contributed by atoms with Crippen molar-refractivity contribution in [3.8, 4) is 5.69 Å². The van der Waals surface area contributed by atoms with Crippen LogP contribution in [0.2, 0.25) is 0 Å². The molecular weight excluding hydrogens is 394 g/mol. The van der Waals surface area contributed by atoms with E-state index in [1.165, 1.54) is 10.9 Å². The van der Waals surface area contributed by atoms with Crippen molar-refractivity contribution in [2.75, 3.05) is 5.32 Å². The number of amides is 1. The number of furan rings is 1. The Hall–Kier alpha value is -4.20. The first kappa shape index (κ1) is 18.8. The van der Waals surface area contributed by atoms with Gasteiger partial charge < -0.3 is 9.73 Å². The molecule has 31 heavy (non-hydrogen) atoms. The number of hydrogen-bond donors (Lipinski definition) is 1. The van der Waals surface area contributed by atoms with E-state index in [0.29, 0.717) is 16.9 Å². The van der Waals surface area contributed by atoms with E-state index >= 15 is 0 Å². The second kappa shape index (κ2) is 7.24. The fraction of sp³-hybridized carbons (Fsp3) is 0.130. The van der Waals surface area contributed by atoms with E-state index in [9.17, 15) is 9.59 Å². The number of anilines is 1. The van der Waals surface area contributed by atoms with Crippen molar-refractivity contribution < 1.29 is 9.21 Å². The van der Waals surface area contributed by atoms with Crippen molar-refractivity contribution in [2.24, 2.45) is 0 Å². The third kappa shape index (κ3) is 3.38. The lowest BCUT2D eigenvalue weighted by Crippen LogP contribution is -2.28. The van der Waals surface area contributed by atoms with Crippen molar-refractivity contribution >= 4 is 33.8 Å². The van der Waals surface area contributed by atoms with Crippen molar-refractivity contribution in [1.29, 1.82) is 0 Å². The minimum absolute atomic E-state index is 0.136. The molecular formula is C23H19N5O3. The predicted molar refractivity (Wildman–Crippen MR) is 117 cm³/mol. The van der Waals surface area contributed by atoms with Gasteiger partial charge >= 0.3 is 0 Å². The number of carbonyl (C=O) groups excluding carboxylic acids is 1. The number of fused-ring (bicyclic) bond motifs is 3. The van der Waals surface area contributed by atoms with Gasteiger partial charge in [0.2, 0.25) is 11.5 Å². The molecule has 0 aliphatic heterocycles. The Kier molecular flexibility index (Phi) is 4.39. The molecule has 0 bridgehead atoms. The van der Waals surface area contributed by atoms with Crippen LogP contribution in [0.5, 0.6) is 0 Å². The highest BCUT2D eigenvalue weighted by atomic mass is 16.3. The summed E-state index contributed by atoms with van der Waals surface area (Å²) in [5, 5.41) is 8.06. The average Bonchev–Trinajstić information content (AvgIpc) is 3.31. The summed E-state index contributed by atoms with van der Waals surface area (Å²) in [6.07, 6.45) is 1.37. The molecule has 0 fully saturated rings. The molecule has 3 aromatic heterocycles. The first-order chi connectivity index (χ1) is 15.0. The fourth-order valence-electron chi connectivity index (χ4n) is 3.54. The zero-order valence-electron chi connectivity index (χ0n) is 17.0. The van der Waals surface area contributed by atoms with Gasteiger partial charge in [0.25, 0.3) is 5.56 Å². The summed E-state index contributed by atoms with van der Waals surface area (Å²) >= 11 is 0. The quantitative estimate of drug-likeness (QED) is 0.486. The summed E-state index contributed by atoms with van der Waals surface area (Å²) in [5.41, 5.74) is 3.53. The SMILES string of the molecule is Cc1ccc(-n2nc(C)cc2NC(=O)Cn2cnc3c(oc4ccccc43)c2=O)cc1. The number of aromatic nitrogens is 4. The van der Waals surface area contributed by atoms with Crippen LogP contribution in [0.1, 0.15) is 11.3 Å². The molecule has 5 rings (SSSR count). The molecule has 1 N–H and O–H groups in total. The van der Waals surface area contributed by atoms with Crippen molar-refractivity contribution in [3.63, 3.8) is 0 Å². The number of rotatable bonds is 4. The van der Waals surface area contributed by atoms with Gasteiger partial charge in [0.15, 0.2) is 0 Å². The van der Waals surface area contributed by atoms with Gasteiger partial charge in [-0.15, -0.1) is 0 Å². The van der Waals surface area contributed by atoms with Crippen LogP contribution in [-0.2, 0) is 11.3 Å². The number of hydrogen-bond acceptors (Lipinski definition) is 5. The predicted octanol–water partition coefficient (Wildman–Crippen LogP) is 3.58. The molecule has 0 spiro atoms. The Bertz CT molecular complexity index is 1490. The van der Waals surface area contributed by atoms with Crippen LogP contribution in [-0.4, -0.2) is 25.2 Å². The highest BCUT2D eigenvalue weighted by Crippen LogP contribution is 2.24. The maximum atomic E-state index is 12.8. The van der Waals surface area contributed by atoms with Gasteiger partial charge in [0.05, 0.1) is 17.7 Å². The van der Waals surface area contributed by atoms with E-state index in [1.54, 1.807) is 16.8 Å². The Morgan fingerprint density at radius 1 is 1.10 bits per heavy atom. The van der Waals surface area contributed by atoms with Crippen LogP contribution >= 0.6 is 0 Å². The van der Waals surface area contributed by atoms with Crippen LogP contribution < -0.4 is 10.9 Å². The van der Waals surface area contributed by atoms with E-state index in [4.69, 9.17) is 4.42 Å². The van der Waals surface area contributed by atoms with Gasteiger partial charge in [-0.2, -0.15) is 5.10 Å². The van der Waals surface area contributed by atoms with E-state index in [0.717, 1.165) is 22.3 Å². The Labute approximate surface area is 176 Å². The minimum atomic E-state index is -0.403. The lowest BCUT2D eigenvalue weighted by molar-refractivity contribution is -0.116. The number of carbonyl (C=O) groups is 1. The molecule has 0 aliphatic rings. The summed E-state index contributed by atoms with van der Waals surface area (Å²) in [7, 11) is 0. The third-order valence-corrected chi connectivity index (χ3v) is 5.04. The topological polar surface area (TPSA) is 95.0 Å². The van der Waals surface area contributed by atoms with Gasteiger partial charge in [-0.3, -0.25) is 14.2 Å². The van der Waals surface area contributed by atoms with Crippen LogP contribution in [0.25, 0.3) is 27.8 Å². The first-order valence-corrected chi connectivity index (χ1v) is 9.80. The normalized spacial score (nSPS) is 11.3. The summed E-state index contributed by atoms with van der Waals surface area (Å²) in [6.45, 7) is 3.66. The van der Waals surface area contributed by atoms with Crippen LogP contribution in [0.3, 0.4) is 0 Å². The molecule has 8 heteroatoms. The molecule has 5 aromatic rings. The molecule has 0 aliphatic carbocycles. The molecule has 8 nitrogen and oxygen atoms in total. The summed E-state index contributed by atoms with van der Waals surface area (Å²) < 4.78 is 8.57. The van der Waals surface area contributed by atoms with Gasteiger partial charge in [-0.25, -0.2) is 9.67 Å². The third-order valence-electron chi connectivity index (χ3n) is 5.04. The Morgan fingerprint density at radius 2 is 1.87 bits per heavy atom. The van der Waals surface area contributed by atoms with Crippen molar-refractivity contribution in [2.45, 2.75) is 20.4 Å². The molecule has 0 unspecified atom stereocenters. The number of aryl methyl sites for hydroxylation is 2. The molecule has 0 saturated carbocycles. The maximum Gasteiger partial charge on any atom is 0.297 e. The minimum Gasteiger partial charge on any atom is -0.448 e. The standard InChI is InChI=1S/C23H19N5O3/c1-14-7-9-16(10-8-14)28-19(11-15(2)26-28)25-20(29)12-27-13-24-21-17-5-3-4-6-18(17)31-22(21)23(27)30/h3-11,13H,12H2,1-2H3,(H,25,29). The van der Waals surface area contributed by atoms with Gasteiger partial charge in [0.1, 0.15) is 23.5 Å². The maximum absolute atomic E-state index is 12.8.